The number of piperidine rings is 1. The lowest BCUT2D eigenvalue weighted by Gasteiger charge is -2.36. The van der Waals surface area contributed by atoms with Crippen molar-refractivity contribution in [3.63, 3.8) is 0 Å². The first-order valence-corrected chi connectivity index (χ1v) is 9.52. The number of aliphatic imine (C=N–C) groups is 1. The van der Waals surface area contributed by atoms with Gasteiger partial charge in [-0.3, -0.25) is 4.99 Å². The van der Waals surface area contributed by atoms with Crippen molar-refractivity contribution in [2.45, 2.75) is 52.1 Å². The predicted octanol–water partition coefficient (Wildman–Crippen LogP) is 3.27. The fourth-order valence-corrected chi connectivity index (χ4v) is 3.29. The summed E-state index contributed by atoms with van der Waals surface area (Å²) in [6, 6.07) is 5.37. The van der Waals surface area contributed by atoms with Crippen molar-refractivity contribution in [1.82, 2.24) is 16.0 Å². The number of halogens is 2. The van der Waals surface area contributed by atoms with Crippen molar-refractivity contribution in [3.05, 3.63) is 29.6 Å². The average molecular weight is 491 g/mol. The highest BCUT2D eigenvalue weighted by Gasteiger charge is 2.22. The van der Waals surface area contributed by atoms with E-state index < -0.39 is 0 Å². The number of hydrogen-bond donors (Lipinski definition) is 3. The highest BCUT2D eigenvalue weighted by molar-refractivity contribution is 14.0. The van der Waals surface area contributed by atoms with Crippen LogP contribution in [0.2, 0.25) is 0 Å². The number of nitrogens with zero attached hydrogens (tertiary/aromatic N) is 2. The molecule has 1 aromatic rings. The highest BCUT2D eigenvalue weighted by atomic mass is 127. The molecule has 0 amide bonds. The summed E-state index contributed by atoms with van der Waals surface area (Å²) in [5.41, 5.74) is 2.23. The summed E-state index contributed by atoms with van der Waals surface area (Å²) < 4.78 is 13.4. The molecule has 27 heavy (non-hydrogen) atoms. The van der Waals surface area contributed by atoms with Gasteiger partial charge in [0.1, 0.15) is 5.82 Å². The van der Waals surface area contributed by atoms with Crippen molar-refractivity contribution in [3.8, 4) is 0 Å². The fourth-order valence-electron chi connectivity index (χ4n) is 3.29. The van der Waals surface area contributed by atoms with Gasteiger partial charge in [0.25, 0.3) is 0 Å². The van der Waals surface area contributed by atoms with Gasteiger partial charge in [0, 0.05) is 50.5 Å². The van der Waals surface area contributed by atoms with Crippen molar-refractivity contribution >= 4 is 35.6 Å². The van der Waals surface area contributed by atoms with E-state index in [-0.39, 0.29) is 35.3 Å². The predicted molar refractivity (Wildman–Crippen MR) is 124 cm³/mol. The average Bonchev–Trinajstić information content (AvgIpc) is 2.57. The van der Waals surface area contributed by atoms with Crippen LogP contribution < -0.4 is 20.9 Å². The molecular weight excluding hydrogens is 456 g/mol. The smallest absolute Gasteiger partial charge is 0.191 e. The van der Waals surface area contributed by atoms with Gasteiger partial charge in [-0.25, -0.2) is 4.39 Å². The molecular formula is C20H35FIN5. The standard InChI is InChI=1S/C20H34FN5.HI/c1-15-13-16(21)8-9-18(15)26-12-6-7-17(14-26)25-19(22-5)23-10-11-24-20(2,3)4;/h8-9,13,17,24H,6-7,10-12,14H2,1-5H3,(H2,22,23,25);1H. The van der Waals surface area contributed by atoms with E-state index in [1.165, 1.54) is 0 Å². The third kappa shape index (κ3) is 8.21. The van der Waals surface area contributed by atoms with Gasteiger partial charge >= 0.3 is 0 Å². The first-order chi connectivity index (χ1) is 12.3. The Kier molecular flexibility index (Phi) is 9.80. The van der Waals surface area contributed by atoms with Gasteiger partial charge in [-0.05, 0) is 64.3 Å². The fraction of sp³-hybridized carbons (Fsp3) is 0.650. The van der Waals surface area contributed by atoms with Crippen LogP contribution in [-0.4, -0.2) is 50.8 Å². The minimum absolute atomic E-state index is 0. The van der Waals surface area contributed by atoms with Crippen molar-refractivity contribution in [2.75, 3.05) is 38.1 Å². The Balaban J connectivity index is 0.00000364. The molecule has 1 atom stereocenters. The van der Waals surface area contributed by atoms with E-state index in [2.05, 4.69) is 46.6 Å². The Hall–Kier alpha value is -1.09. The molecule has 0 spiro atoms. The van der Waals surface area contributed by atoms with E-state index >= 15 is 0 Å². The summed E-state index contributed by atoms with van der Waals surface area (Å²) in [6.45, 7) is 12.1. The van der Waals surface area contributed by atoms with Crippen LogP contribution >= 0.6 is 24.0 Å². The third-order valence-corrected chi connectivity index (χ3v) is 4.56. The van der Waals surface area contributed by atoms with Crippen LogP contribution in [0.3, 0.4) is 0 Å². The molecule has 154 valence electrons. The Morgan fingerprint density at radius 1 is 1.30 bits per heavy atom. The Bertz CT molecular complexity index is 615. The zero-order valence-corrected chi connectivity index (χ0v) is 19.6. The van der Waals surface area contributed by atoms with E-state index in [9.17, 15) is 4.39 Å². The summed E-state index contributed by atoms with van der Waals surface area (Å²) in [6.07, 6.45) is 2.22. The van der Waals surface area contributed by atoms with Crippen molar-refractivity contribution in [2.24, 2.45) is 4.99 Å². The maximum absolute atomic E-state index is 13.4. The SMILES string of the molecule is CN=C(NCCNC(C)(C)C)NC1CCCN(c2ccc(F)cc2C)C1.I. The van der Waals surface area contributed by atoms with Gasteiger partial charge < -0.3 is 20.9 Å². The largest absolute Gasteiger partial charge is 0.369 e. The molecule has 0 radical (unpaired) electrons. The van der Waals surface area contributed by atoms with E-state index in [0.29, 0.717) is 6.04 Å². The Morgan fingerprint density at radius 2 is 2.04 bits per heavy atom. The quantitative estimate of drug-likeness (QED) is 0.256. The second kappa shape index (κ2) is 11.0. The van der Waals surface area contributed by atoms with Crippen LogP contribution in [-0.2, 0) is 0 Å². The lowest BCUT2D eigenvalue weighted by molar-refractivity contribution is 0.426. The van der Waals surface area contributed by atoms with E-state index in [4.69, 9.17) is 0 Å². The molecule has 1 saturated heterocycles. The topological polar surface area (TPSA) is 51.7 Å². The molecule has 1 aromatic carbocycles. The molecule has 1 aliphatic heterocycles. The summed E-state index contributed by atoms with van der Waals surface area (Å²) in [4.78, 5) is 6.68. The molecule has 1 fully saturated rings. The zero-order chi connectivity index (χ0) is 19.2. The second-order valence-electron chi connectivity index (χ2n) is 8.04. The molecule has 2 rings (SSSR count). The van der Waals surface area contributed by atoms with Crippen LogP contribution in [0.5, 0.6) is 0 Å². The normalized spacial score (nSPS) is 18.1. The van der Waals surface area contributed by atoms with Crippen LogP contribution in [0, 0.1) is 12.7 Å². The maximum Gasteiger partial charge on any atom is 0.191 e. The van der Waals surface area contributed by atoms with E-state index in [1.54, 1.807) is 19.2 Å². The molecule has 1 heterocycles. The number of nitrogens with one attached hydrogen (secondary N) is 3. The summed E-state index contributed by atoms with van der Waals surface area (Å²) in [7, 11) is 1.80. The van der Waals surface area contributed by atoms with Gasteiger partial charge in [0.15, 0.2) is 5.96 Å². The molecule has 1 unspecified atom stereocenters. The summed E-state index contributed by atoms with van der Waals surface area (Å²) in [5.74, 6) is 0.662. The Labute approximate surface area is 180 Å². The minimum Gasteiger partial charge on any atom is -0.369 e. The summed E-state index contributed by atoms with van der Waals surface area (Å²) in [5, 5.41) is 10.4. The van der Waals surface area contributed by atoms with Gasteiger partial charge in [-0.1, -0.05) is 0 Å². The number of hydrogen-bond acceptors (Lipinski definition) is 3. The van der Waals surface area contributed by atoms with Gasteiger partial charge in [0.2, 0.25) is 0 Å². The van der Waals surface area contributed by atoms with E-state index in [0.717, 1.165) is 56.2 Å². The van der Waals surface area contributed by atoms with Crippen molar-refractivity contribution in [1.29, 1.82) is 0 Å². The molecule has 5 nitrogen and oxygen atoms in total. The number of anilines is 1. The molecule has 0 aromatic heterocycles. The third-order valence-electron chi connectivity index (χ3n) is 4.56. The second-order valence-corrected chi connectivity index (χ2v) is 8.04. The van der Waals surface area contributed by atoms with Gasteiger partial charge in [-0.2, -0.15) is 0 Å². The van der Waals surface area contributed by atoms with Crippen molar-refractivity contribution < 1.29 is 4.39 Å². The lowest BCUT2D eigenvalue weighted by Crippen LogP contribution is -2.52. The molecule has 0 bridgehead atoms. The van der Waals surface area contributed by atoms with Gasteiger partial charge in [-0.15, -0.1) is 24.0 Å². The maximum atomic E-state index is 13.4. The summed E-state index contributed by atoms with van der Waals surface area (Å²) >= 11 is 0. The number of guanidine groups is 1. The van der Waals surface area contributed by atoms with Crippen LogP contribution in [0.15, 0.2) is 23.2 Å². The first-order valence-electron chi connectivity index (χ1n) is 9.52. The molecule has 0 aliphatic carbocycles. The zero-order valence-electron chi connectivity index (χ0n) is 17.2. The number of benzene rings is 1. The molecule has 7 heteroatoms. The van der Waals surface area contributed by atoms with Crippen LogP contribution in [0.1, 0.15) is 39.2 Å². The number of aryl methyl sites for hydroxylation is 1. The van der Waals surface area contributed by atoms with E-state index in [1.807, 2.05) is 13.0 Å². The molecule has 1 aliphatic rings. The highest BCUT2D eigenvalue weighted by Crippen LogP contribution is 2.24. The first kappa shape index (κ1) is 23.9. The van der Waals surface area contributed by atoms with Crippen LogP contribution in [0.4, 0.5) is 10.1 Å². The number of rotatable bonds is 5. The lowest BCUT2D eigenvalue weighted by atomic mass is 10.0. The molecule has 3 N–H and O–H groups in total. The monoisotopic (exact) mass is 491 g/mol. The molecule has 0 saturated carbocycles. The van der Waals surface area contributed by atoms with Gasteiger partial charge in [0.05, 0.1) is 0 Å². The Morgan fingerprint density at radius 3 is 2.67 bits per heavy atom. The minimum atomic E-state index is -0.175. The van der Waals surface area contributed by atoms with Crippen LogP contribution in [0.25, 0.3) is 0 Å².